The van der Waals surface area contributed by atoms with Crippen LogP contribution in [0.1, 0.15) is 161 Å². The van der Waals surface area contributed by atoms with Gasteiger partial charge >= 0.3 is 11.9 Å². The molecule has 0 unspecified atom stereocenters. The van der Waals surface area contributed by atoms with Gasteiger partial charge in [-0.25, -0.2) is 4.79 Å². The summed E-state index contributed by atoms with van der Waals surface area (Å²) in [4.78, 5) is 33.7. The molecule has 1 atom stereocenters. The Labute approximate surface area is 215 Å². The molecule has 0 rings (SSSR count). The smallest absolute Gasteiger partial charge is 0.326 e. The Morgan fingerprint density at radius 3 is 1.26 bits per heavy atom. The molecule has 35 heavy (non-hydrogen) atoms. The third-order valence-electron chi connectivity index (χ3n) is 6.77. The summed E-state index contributed by atoms with van der Waals surface area (Å²) in [6, 6.07) is -0.994. The molecule has 0 saturated carbocycles. The monoisotopic (exact) mass is 497 g/mol. The first-order valence-corrected chi connectivity index (χ1v) is 14.7. The van der Waals surface area contributed by atoms with E-state index in [4.69, 9.17) is 10.2 Å². The fraction of sp³-hybridized carbons (Fsp3) is 0.897. The van der Waals surface area contributed by atoms with Crippen LogP contribution in [0.5, 0.6) is 0 Å². The average molecular weight is 498 g/mol. The zero-order chi connectivity index (χ0) is 26.0. The van der Waals surface area contributed by atoms with Crippen LogP contribution in [-0.4, -0.2) is 34.1 Å². The predicted molar refractivity (Wildman–Crippen MR) is 144 cm³/mol. The number of rotatable bonds is 27. The minimum absolute atomic E-state index is 0.0843. The minimum Gasteiger partial charge on any atom is -0.481 e. The van der Waals surface area contributed by atoms with E-state index in [9.17, 15) is 14.4 Å². The van der Waals surface area contributed by atoms with Crippen LogP contribution in [0.15, 0.2) is 0 Å². The molecule has 0 bridgehead atoms. The number of aliphatic carboxylic acids is 2. The first kappa shape index (κ1) is 33.4. The summed E-state index contributed by atoms with van der Waals surface area (Å²) < 4.78 is 0. The number of carboxylic acids is 2. The van der Waals surface area contributed by atoms with Gasteiger partial charge in [0.05, 0.1) is 0 Å². The van der Waals surface area contributed by atoms with Crippen LogP contribution in [-0.2, 0) is 14.4 Å². The largest absolute Gasteiger partial charge is 0.481 e. The van der Waals surface area contributed by atoms with E-state index >= 15 is 0 Å². The summed E-state index contributed by atoms with van der Waals surface area (Å²) in [5.41, 5.74) is 0. The maximum Gasteiger partial charge on any atom is 0.326 e. The quantitative estimate of drug-likeness (QED) is 0.0997. The van der Waals surface area contributed by atoms with Gasteiger partial charge in [-0.3, -0.25) is 9.59 Å². The highest BCUT2D eigenvalue weighted by atomic mass is 16.4. The van der Waals surface area contributed by atoms with Gasteiger partial charge in [0, 0.05) is 12.8 Å². The first-order chi connectivity index (χ1) is 17.0. The van der Waals surface area contributed by atoms with Crippen molar-refractivity contribution in [3.63, 3.8) is 0 Å². The van der Waals surface area contributed by atoms with Gasteiger partial charge in [0.15, 0.2) is 0 Å². The highest BCUT2D eigenvalue weighted by Gasteiger charge is 2.19. The van der Waals surface area contributed by atoms with Gasteiger partial charge in [0.1, 0.15) is 6.04 Å². The number of unbranched alkanes of at least 4 members (excludes halogenated alkanes) is 19. The van der Waals surface area contributed by atoms with E-state index in [2.05, 4.69) is 12.2 Å². The van der Waals surface area contributed by atoms with E-state index in [0.717, 1.165) is 19.3 Å². The molecule has 0 aromatic rings. The zero-order valence-electron chi connectivity index (χ0n) is 22.7. The molecule has 0 aliphatic carbocycles. The zero-order valence-corrected chi connectivity index (χ0v) is 22.7. The number of carboxylic acid groups (broad SMARTS) is 2. The van der Waals surface area contributed by atoms with Gasteiger partial charge in [-0.2, -0.15) is 0 Å². The van der Waals surface area contributed by atoms with Gasteiger partial charge in [0.25, 0.3) is 0 Å². The summed E-state index contributed by atoms with van der Waals surface area (Å²) in [5.74, 6) is -2.31. The molecule has 0 saturated heterocycles. The van der Waals surface area contributed by atoms with Crippen LogP contribution >= 0.6 is 0 Å². The Morgan fingerprint density at radius 1 is 0.543 bits per heavy atom. The standard InChI is InChI=1S/C29H55NO5/c1-2-3-4-5-6-7-8-9-10-11-12-13-14-15-16-17-18-19-20-21-24-27(31)30-26(29(34)35)23-22-25-28(32)33/h26H,2-25H2,1H3,(H,30,31)(H,32,33)(H,34,35)/t26-/m1/s1. The maximum absolute atomic E-state index is 12.0. The van der Waals surface area contributed by atoms with Crippen LogP contribution < -0.4 is 5.32 Å². The Kier molecular flexibility index (Phi) is 24.3. The lowest BCUT2D eigenvalue weighted by atomic mass is 10.0. The summed E-state index contributed by atoms with van der Waals surface area (Å²) in [6.07, 6.45) is 26.8. The number of nitrogens with one attached hydrogen (secondary N) is 1. The van der Waals surface area contributed by atoms with Gasteiger partial charge in [-0.05, 0) is 19.3 Å². The molecule has 0 aliphatic heterocycles. The van der Waals surface area contributed by atoms with Gasteiger partial charge < -0.3 is 15.5 Å². The van der Waals surface area contributed by atoms with Crippen molar-refractivity contribution >= 4 is 17.8 Å². The number of carbonyl (C=O) groups excluding carboxylic acids is 1. The van der Waals surface area contributed by atoms with Crippen LogP contribution in [0, 0.1) is 0 Å². The van der Waals surface area contributed by atoms with Crippen molar-refractivity contribution in [1.82, 2.24) is 5.32 Å². The van der Waals surface area contributed by atoms with E-state index in [1.807, 2.05) is 0 Å². The van der Waals surface area contributed by atoms with Gasteiger partial charge in [0.2, 0.25) is 5.91 Å². The van der Waals surface area contributed by atoms with Crippen LogP contribution in [0.2, 0.25) is 0 Å². The second kappa shape index (κ2) is 25.5. The average Bonchev–Trinajstić information content (AvgIpc) is 2.81. The number of amides is 1. The van der Waals surface area contributed by atoms with E-state index in [1.165, 1.54) is 109 Å². The molecule has 6 nitrogen and oxygen atoms in total. The Hall–Kier alpha value is -1.59. The normalized spacial score (nSPS) is 11.9. The van der Waals surface area contributed by atoms with Crippen LogP contribution in [0.4, 0.5) is 0 Å². The molecule has 0 heterocycles. The molecule has 0 radical (unpaired) electrons. The van der Waals surface area contributed by atoms with Crippen molar-refractivity contribution in [3.05, 3.63) is 0 Å². The number of hydrogen-bond acceptors (Lipinski definition) is 3. The third-order valence-corrected chi connectivity index (χ3v) is 6.77. The lowest BCUT2D eigenvalue weighted by Crippen LogP contribution is -2.40. The maximum atomic E-state index is 12.0. The second-order valence-electron chi connectivity index (χ2n) is 10.2. The fourth-order valence-electron chi connectivity index (χ4n) is 4.52. The lowest BCUT2D eigenvalue weighted by Gasteiger charge is -2.14. The molecular formula is C29H55NO5. The highest BCUT2D eigenvalue weighted by molar-refractivity contribution is 5.83. The van der Waals surface area contributed by atoms with Gasteiger partial charge in [-0.1, -0.05) is 129 Å². The predicted octanol–water partition coefficient (Wildman–Crippen LogP) is 8.02. The number of hydrogen-bond donors (Lipinski definition) is 3. The Morgan fingerprint density at radius 2 is 0.914 bits per heavy atom. The molecule has 6 heteroatoms. The molecular weight excluding hydrogens is 442 g/mol. The van der Waals surface area contributed by atoms with E-state index in [1.54, 1.807) is 0 Å². The van der Waals surface area contributed by atoms with Crippen molar-refractivity contribution in [3.8, 4) is 0 Å². The summed E-state index contributed by atoms with van der Waals surface area (Å²) in [6.45, 7) is 2.27. The molecule has 1 amide bonds. The van der Waals surface area contributed by atoms with E-state index < -0.39 is 18.0 Å². The van der Waals surface area contributed by atoms with Crippen LogP contribution in [0.3, 0.4) is 0 Å². The topological polar surface area (TPSA) is 104 Å². The summed E-state index contributed by atoms with van der Waals surface area (Å²) in [5, 5.41) is 20.3. The fourth-order valence-corrected chi connectivity index (χ4v) is 4.52. The number of carbonyl (C=O) groups is 3. The Balaban J connectivity index is 3.38. The molecule has 0 fully saturated rings. The van der Waals surface area contributed by atoms with Crippen LogP contribution in [0.25, 0.3) is 0 Å². The third kappa shape index (κ3) is 25.3. The van der Waals surface area contributed by atoms with Crippen molar-refractivity contribution in [2.24, 2.45) is 0 Å². The van der Waals surface area contributed by atoms with Crippen molar-refractivity contribution in [2.75, 3.05) is 0 Å². The molecule has 0 aromatic carbocycles. The Bertz CT molecular complexity index is 523. The first-order valence-electron chi connectivity index (χ1n) is 14.7. The molecule has 0 aliphatic rings. The van der Waals surface area contributed by atoms with E-state index in [0.29, 0.717) is 6.42 Å². The molecule has 3 N–H and O–H groups in total. The summed E-state index contributed by atoms with van der Waals surface area (Å²) >= 11 is 0. The van der Waals surface area contributed by atoms with Crippen molar-refractivity contribution in [1.29, 1.82) is 0 Å². The minimum atomic E-state index is -1.10. The molecule has 0 spiro atoms. The highest BCUT2D eigenvalue weighted by Crippen LogP contribution is 2.15. The lowest BCUT2D eigenvalue weighted by molar-refractivity contribution is -0.142. The van der Waals surface area contributed by atoms with Crippen molar-refractivity contribution < 1.29 is 24.6 Å². The van der Waals surface area contributed by atoms with Gasteiger partial charge in [-0.15, -0.1) is 0 Å². The SMILES string of the molecule is CCCCCCCCCCCCCCCCCCCCCCC(=O)N[C@H](CCCC(=O)O)C(=O)O. The van der Waals surface area contributed by atoms with Crippen molar-refractivity contribution in [2.45, 2.75) is 167 Å². The molecule has 0 aromatic heterocycles. The van der Waals surface area contributed by atoms with E-state index in [-0.39, 0.29) is 25.2 Å². The second-order valence-corrected chi connectivity index (χ2v) is 10.2. The summed E-state index contributed by atoms with van der Waals surface area (Å²) in [7, 11) is 0. The molecule has 206 valence electrons.